The van der Waals surface area contributed by atoms with Crippen molar-refractivity contribution in [3.63, 3.8) is 0 Å². The lowest BCUT2D eigenvalue weighted by Crippen LogP contribution is -2.53. The molecule has 0 spiro atoms. The van der Waals surface area contributed by atoms with E-state index >= 15 is 0 Å². The highest BCUT2D eigenvalue weighted by atomic mass is 16.6. The van der Waals surface area contributed by atoms with Gasteiger partial charge in [0.05, 0.1) is 174 Å². The molecule has 0 saturated carbocycles. The number of carbonyl (C=O) groups excluding carboxylic acids is 7. The molecular weight excluding hydrogens is 1430 g/mol. The van der Waals surface area contributed by atoms with Crippen molar-refractivity contribution in [3.05, 3.63) is 161 Å². The van der Waals surface area contributed by atoms with E-state index in [9.17, 15) is 38.7 Å². The molecule has 602 valence electrons. The van der Waals surface area contributed by atoms with Crippen molar-refractivity contribution in [1.29, 1.82) is 0 Å². The third-order valence-corrected chi connectivity index (χ3v) is 17.9. The molecule has 5 atom stereocenters. The lowest BCUT2D eigenvalue weighted by atomic mass is 10.0. The van der Waals surface area contributed by atoms with E-state index in [0.717, 1.165) is 28.0 Å². The minimum atomic E-state index is -1.52. The molecule has 5 unspecified atom stereocenters. The van der Waals surface area contributed by atoms with Crippen LogP contribution in [0.5, 0.6) is 23.0 Å². The number of methoxy groups -OCH3 is 2. The Kier molecular flexibility index (Phi) is 37.1. The van der Waals surface area contributed by atoms with E-state index in [4.69, 9.17) is 61.6 Å². The van der Waals surface area contributed by atoms with Crippen molar-refractivity contribution in [1.82, 2.24) is 25.8 Å². The van der Waals surface area contributed by atoms with Gasteiger partial charge in [-0.2, -0.15) is 0 Å². The summed E-state index contributed by atoms with van der Waals surface area (Å²) in [6.07, 6.45) is 27.2. The molecule has 1 aliphatic carbocycles. The maximum absolute atomic E-state index is 14.3. The standard InChI is InChI=1S/C82H108N8O21/c1-57(2)76(87-74(91)26-30-101-32-34-103-36-38-105-40-42-107-44-45-108-43-41-106-39-37-104-35-33-102-31-27-83-75(92)48-61-20-16-13-11-9-8-10-12-14-17-21-61)78(94)85-60(5)77(93)86-63-24-22-62(23-25-63)56-111-82(98)90-68-52-73(71(100-7)50-66(68)80(96)89-55-59(4)47-69(89)81(90)97)110-29-19-15-18-28-109-72-51-67-65(49-70(72)99-6)79(95)88-54-58(3)46-64(88)53-84-67/h8-14,16-17,20-25,49-55,57,60,64,69,76,81,97H,15,18-19,26-48,56H2,1-7H3,(H,83,92)(H,85,94)(H,86,93)(H,87,91). The molecule has 5 N–H and O–H groups in total. The molecule has 4 heterocycles. The van der Waals surface area contributed by atoms with E-state index in [1.54, 1.807) is 67.6 Å². The number of hydrogen-bond donors (Lipinski definition) is 5. The fourth-order valence-electron chi connectivity index (χ4n) is 12.0. The van der Waals surface area contributed by atoms with Crippen molar-refractivity contribution in [2.75, 3.05) is 150 Å². The van der Waals surface area contributed by atoms with E-state index in [1.807, 2.05) is 86.9 Å². The maximum atomic E-state index is 14.3. The number of unbranched alkanes of at least 4 members (excludes halogenated alkanes) is 2. The summed E-state index contributed by atoms with van der Waals surface area (Å²) in [5.74, 6) is -1.10. The molecule has 5 aliphatic rings. The number of nitrogens with zero attached hydrogens (tertiary/aromatic N) is 4. The molecule has 0 saturated heterocycles. The zero-order valence-electron chi connectivity index (χ0n) is 64.7. The third-order valence-electron chi connectivity index (χ3n) is 17.9. The number of aliphatic hydroxyl groups is 1. The Balaban J connectivity index is 0.639. The zero-order valence-corrected chi connectivity index (χ0v) is 64.7. The fraction of sp³-hybridized carbons (Fsp3) is 0.488. The second kappa shape index (κ2) is 47.4. The number of fused-ring (bicyclic) bond motifs is 4. The van der Waals surface area contributed by atoms with Gasteiger partial charge in [0.1, 0.15) is 18.7 Å². The summed E-state index contributed by atoms with van der Waals surface area (Å²) < 4.78 is 74.0. The predicted molar refractivity (Wildman–Crippen MR) is 416 cm³/mol. The van der Waals surface area contributed by atoms with Crippen molar-refractivity contribution >= 4 is 64.8 Å². The Labute approximate surface area is 649 Å². The average Bonchev–Trinajstić information content (AvgIpc) is 1.60. The average molecular weight is 1540 g/mol. The molecule has 0 bridgehead atoms. The van der Waals surface area contributed by atoms with Gasteiger partial charge in [0.25, 0.3) is 11.8 Å². The predicted octanol–water partition coefficient (Wildman–Crippen LogP) is 9.09. The number of aliphatic imine (C=N–C) groups is 1. The van der Waals surface area contributed by atoms with Crippen LogP contribution >= 0.6 is 0 Å². The van der Waals surface area contributed by atoms with Gasteiger partial charge in [-0.25, -0.2) is 9.69 Å². The molecule has 0 aromatic heterocycles. The van der Waals surface area contributed by atoms with Crippen LogP contribution in [0.15, 0.2) is 149 Å². The molecule has 8 rings (SSSR count). The summed E-state index contributed by atoms with van der Waals surface area (Å²) >= 11 is 0. The summed E-state index contributed by atoms with van der Waals surface area (Å²) in [6, 6.07) is 9.97. The van der Waals surface area contributed by atoms with Gasteiger partial charge < -0.3 is 97.8 Å². The van der Waals surface area contributed by atoms with Crippen molar-refractivity contribution in [2.45, 2.75) is 117 Å². The number of hydrogen-bond acceptors (Lipinski definition) is 22. The van der Waals surface area contributed by atoms with E-state index in [1.165, 1.54) is 38.2 Å². The number of aliphatic hydroxyl groups excluding tert-OH is 1. The Morgan fingerprint density at radius 2 is 1.08 bits per heavy atom. The van der Waals surface area contributed by atoms with Gasteiger partial charge >= 0.3 is 6.09 Å². The summed E-state index contributed by atoms with van der Waals surface area (Å²) in [5.41, 5.74) is 4.83. The van der Waals surface area contributed by atoms with Gasteiger partial charge in [-0.3, -0.25) is 33.8 Å². The number of carbonyl (C=O) groups is 7. The molecular formula is C82H108N8O21. The SMILES string of the molecule is COc1cc2c(cc1OCCCCCOc1cc3c(cc1OC)C(=O)N1C=C(C)CC1C(O)N3C(=O)OCc1ccc(NC(=O)C(C)NC(=O)C(NC(=O)CCOCCOCCOCCOCCOCCOCCOCCOCCNC(=O)CC3=CC=CC=CC=CC=CC=C3)C(C)C)cc1)N=CC1CC(C)=CN1C2=O. The molecule has 0 radical (unpaired) electrons. The number of anilines is 2. The lowest BCUT2D eigenvalue weighted by molar-refractivity contribution is -0.132. The van der Waals surface area contributed by atoms with E-state index in [-0.39, 0.29) is 92.4 Å². The largest absolute Gasteiger partial charge is 0.493 e. The zero-order chi connectivity index (χ0) is 79.1. The van der Waals surface area contributed by atoms with Crippen LogP contribution in [0.2, 0.25) is 0 Å². The first-order valence-electron chi connectivity index (χ1n) is 37.7. The molecule has 4 aliphatic heterocycles. The topological polar surface area (TPSA) is 330 Å². The highest BCUT2D eigenvalue weighted by Crippen LogP contribution is 2.43. The number of nitrogens with one attached hydrogen (secondary N) is 4. The van der Waals surface area contributed by atoms with Gasteiger partial charge in [0, 0.05) is 49.4 Å². The van der Waals surface area contributed by atoms with Gasteiger partial charge in [0.2, 0.25) is 23.6 Å². The maximum Gasteiger partial charge on any atom is 0.416 e. The van der Waals surface area contributed by atoms with Crippen LogP contribution in [-0.2, 0) is 68.4 Å². The molecule has 3 aromatic carbocycles. The third kappa shape index (κ3) is 28.5. The summed E-state index contributed by atoms with van der Waals surface area (Å²) in [7, 11) is 2.97. The van der Waals surface area contributed by atoms with Gasteiger partial charge in [-0.15, -0.1) is 0 Å². The summed E-state index contributed by atoms with van der Waals surface area (Å²) in [6.45, 7) is 15.5. The first kappa shape index (κ1) is 86.8. The number of allylic oxidation sites excluding steroid dienone is 11. The Bertz CT molecular complexity index is 3850. The van der Waals surface area contributed by atoms with E-state index in [0.29, 0.717) is 159 Å². The van der Waals surface area contributed by atoms with Crippen LogP contribution in [-0.4, -0.2) is 233 Å². The normalized spacial score (nSPS) is 16.9. The molecule has 3 aromatic rings. The van der Waals surface area contributed by atoms with Gasteiger partial charge in [-0.05, 0) is 94.2 Å². The number of benzene rings is 3. The second-order valence-electron chi connectivity index (χ2n) is 26.9. The quantitative estimate of drug-likeness (QED) is 0.0329. The molecule has 0 fully saturated rings. The van der Waals surface area contributed by atoms with E-state index < -0.39 is 54.1 Å². The second-order valence-corrected chi connectivity index (χ2v) is 26.9. The van der Waals surface area contributed by atoms with Gasteiger partial charge in [0.15, 0.2) is 29.2 Å². The van der Waals surface area contributed by atoms with E-state index in [2.05, 4.69) is 26.3 Å². The van der Waals surface area contributed by atoms with Crippen molar-refractivity contribution in [2.24, 2.45) is 10.9 Å². The van der Waals surface area contributed by atoms with Crippen molar-refractivity contribution < 1.29 is 100 Å². The summed E-state index contributed by atoms with van der Waals surface area (Å²) in [5, 5.41) is 23.1. The highest BCUT2D eigenvalue weighted by Gasteiger charge is 2.45. The monoisotopic (exact) mass is 1540 g/mol. The number of amides is 7. The van der Waals surface area contributed by atoms with Crippen LogP contribution in [0.1, 0.15) is 106 Å². The fourth-order valence-corrected chi connectivity index (χ4v) is 12.0. The van der Waals surface area contributed by atoms with Crippen LogP contribution in [0.3, 0.4) is 0 Å². The van der Waals surface area contributed by atoms with Crippen LogP contribution in [0.4, 0.5) is 21.9 Å². The highest BCUT2D eigenvalue weighted by molar-refractivity contribution is 6.07. The Morgan fingerprint density at radius 3 is 1.67 bits per heavy atom. The molecule has 29 heteroatoms. The number of rotatable bonds is 47. The molecule has 111 heavy (non-hydrogen) atoms. The van der Waals surface area contributed by atoms with Crippen LogP contribution in [0.25, 0.3) is 0 Å². The minimum Gasteiger partial charge on any atom is -0.493 e. The first-order chi connectivity index (χ1) is 53.9. The van der Waals surface area contributed by atoms with Crippen molar-refractivity contribution in [3.8, 4) is 23.0 Å². The minimum absolute atomic E-state index is 0.00809. The van der Waals surface area contributed by atoms with Gasteiger partial charge in [-0.1, -0.05) is 104 Å². The smallest absolute Gasteiger partial charge is 0.416 e. The first-order valence-corrected chi connectivity index (χ1v) is 37.7. The Hall–Kier alpha value is -9.82. The number of ether oxygens (including phenoxy) is 13. The summed E-state index contributed by atoms with van der Waals surface area (Å²) in [4.78, 5) is 103. The molecule has 29 nitrogen and oxygen atoms in total. The Morgan fingerprint density at radius 1 is 0.559 bits per heavy atom. The molecule has 7 amide bonds. The van der Waals surface area contributed by atoms with Crippen LogP contribution < -0.4 is 45.1 Å². The lowest BCUT2D eigenvalue weighted by Gasteiger charge is -2.31. The van der Waals surface area contributed by atoms with Crippen LogP contribution in [0, 0.1) is 5.92 Å².